The summed E-state index contributed by atoms with van der Waals surface area (Å²) in [7, 11) is 0. The Bertz CT molecular complexity index is 359. The van der Waals surface area contributed by atoms with Crippen molar-refractivity contribution in [2.45, 2.75) is 32.1 Å². The maximum Gasteiger partial charge on any atom is 0.355 e. The molecule has 1 aromatic heterocycles. The minimum absolute atomic E-state index is 0.133. The summed E-state index contributed by atoms with van der Waals surface area (Å²) in [5.41, 5.74) is 0.133. The van der Waals surface area contributed by atoms with Crippen molar-refractivity contribution in [3.63, 3.8) is 0 Å². The van der Waals surface area contributed by atoms with Crippen LogP contribution < -0.4 is 5.32 Å². The number of aromatic carboxylic acids is 1. The van der Waals surface area contributed by atoms with Crippen LogP contribution in [-0.4, -0.2) is 22.6 Å². The van der Waals surface area contributed by atoms with Gasteiger partial charge in [-0.15, -0.1) is 11.3 Å². The van der Waals surface area contributed by atoms with E-state index in [-0.39, 0.29) is 5.69 Å². The van der Waals surface area contributed by atoms with Crippen molar-refractivity contribution in [2.75, 3.05) is 11.9 Å². The third-order valence-electron chi connectivity index (χ3n) is 3.03. The third kappa shape index (κ3) is 2.95. The first kappa shape index (κ1) is 11.4. The Morgan fingerprint density at radius 3 is 2.94 bits per heavy atom. The van der Waals surface area contributed by atoms with Crippen LogP contribution in [0.25, 0.3) is 0 Å². The standard InChI is InChI=1S/C11H16N2O2S/c14-10(15)9-7-16-11(13-9)12-6-5-8-3-1-2-4-8/h7-8H,1-6H2,(H,12,13)(H,14,15). The van der Waals surface area contributed by atoms with Gasteiger partial charge in [0.25, 0.3) is 0 Å². The highest BCUT2D eigenvalue weighted by molar-refractivity contribution is 7.13. The Hall–Kier alpha value is -1.10. The van der Waals surface area contributed by atoms with E-state index in [1.165, 1.54) is 43.4 Å². The monoisotopic (exact) mass is 240 g/mol. The molecule has 1 fully saturated rings. The maximum atomic E-state index is 10.6. The molecule has 1 aliphatic carbocycles. The SMILES string of the molecule is O=C(O)c1csc(NCCC2CCCC2)n1. The first-order chi connectivity index (χ1) is 7.75. The highest BCUT2D eigenvalue weighted by atomic mass is 32.1. The third-order valence-corrected chi connectivity index (χ3v) is 3.83. The van der Waals surface area contributed by atoms with Gasteiger partial charge in [-0.3, -0.25) is 0 Å². The molecule has 2 N–H and O–H groups in total. The average molecular weight is 240 g/mol. The molecule has 1 aromatic rings. The van der Waals surface area contributed by atoms with Gasteiger partial charge in [-0.1, -0.05) is 25.7 Å². The molecule has 4 nitrogen and oxygen atoms in total. The molecule has 1 aliphatic rings. The Kier molecular flexibility index (Phi) is 3.77. The van der Waals surface area contributed by atoms with Gasteiger partial charge < -0.3 is 10.4 Å². The molecule has 0 saturated heterocycles. The number of anilines is 1. The second-order valence-electron chi connectivity index (χ2n) is 4.21. The molecule has 2 rings (SSSR count). The quantitative estimate of drug-likeness (QED) is 0.830. The molecule has 0 bridgehead atoms. The zero-order chi connectivity index (χ0) is 11.4. The van der Waals surface area contributed by atoms with Gasteiger partial charge in [-0.25, -0.2) is 9.78 Å². The number of carboxylic acid groups (broad SMARTS) is 1. The van der Waals surface area contributed by atoms with Gasteiger partial charge in [-0.05, 0) is 12.3 Å². The van der Waals surface area contributed by atoms with E-state index in [2.05, 4.69) is 10.3 Å². The summed E-state index contributed by atoms with van der Waals surface area (Å²) in [5.74, 6) is -0.105. The predicted octanol–water partition coefficient (Wildman–Crippen LogP) is 2.83. The number of nitrogens with zero attached hydrogens (tertiary/aromatic N) is 1. The largest absolute Gasteiger partial charge is 0.476 e. The van der Waals surface area contributed by atoms with E-state index in [1.54, 1.807) is 5.38 Å². The van der Waals surface area contributed by atoms with Crippen LogP contribution >= 0.6 is 11.3 Å². The molecule has 16 heavy (non-hydrogen) atoms. The molecule has 0 aromatic carbocycles. The average Bonchev–Trinajstić information content (AvgIpc) is 2.87. The molecule has 0 amide bonds. The summed E-state index contributed by atoms with van der Waals surface area (Å²) >= 11 is 1.36. The van der Waals surface area contributed by atoms with Gasteiger partial charge in [0.1, 0.15) is 0 Å². The molecule has 1 heterocycles. The lowest BCUT2D eigenvalue weighted by atomic mass is 10.0. The predicted molar refractivity (Wildman–Crippen MR) is 64.1 cm³/mol. The van der Waals surface area contributed by atoms with Gasteiger partial charge >= 0.3 is 5.97 Å². The maximum absolute atomic E-state index is 10.6. The van der Waals surface area contributed by atoms with Crippen LogP contribution in [0.5, 0.6) is 0 Å². The van der Waals surface area contributed by atoms with Crippen molar-refractivity contribution in [1.82, 2.24) is 4.98 Å². The van der Waals surface area contributed by atoms with Crippen LogP contribution in [-0.2, 0) is 0 Å². The summed E-state index contributed by atoms with van der Waals surface area (Å²) in [6, 6.07) is 0. The molecule has 0 atom stereocenters. The second-order valence-corrected chi connectivity index (χ2v) is 5.07. The molecule has 1 saturated carbocycles. The van der Waals surface area contributed by atoms with Crippen molar-refractivity contribution in [3.05, 3.63) is 11.1 Å². The van der Waals surface area contributed by atoms with Gasteiger partial charge in [0, 0.05) is 11.9 Å². The number of carboxylic acids is 1. The van der Waals surface area contributed by atoms with Crippen LogP contribution in [0, 0.1) is 5.92 Å². The number of aromatic nitrogens is 1. The van der Waals surface area contributed by atoms with Crippen LogP contribution in [0.3, 0.4) is 0 Å². The number of carbonyl (C=O) groups is 1. The fraction of sp³-hybridized carbons (Fsp3) is 0.636. The van der Waals surface area contributed by atoms with Crippen LogP contribution in [0.2, 0.25) is 0 Å². The zero-order valence-electron chi connectivity index (χ0n) is 9.11. The first-order valence-corrected chi connectivity index (χ1v) is 6.56. The van der Waals surface area contributed by atoms with Gasteiger partial charge in [0.15, 0.2) is 10.8 Å². The van der Waals surface area contributed by atoms with E-state index in [1.807, 2.05) is 0 Å². The molecule has 0 spiro atoms. The normalized spacial score (nSPS) is 16.5. The highest BCUT2D eigenvalue weighted by Crippen LogP contribution is 2.27. The first-order valence-electron chi connectivity index (χ1n) is 5.68. The Balaban J connectivity index is 1.74. The Labute approximate surface area is 98.7 Å². The van der Waals surface area contributed by atoms with Crippen molar-refractivity contribution >= 4 is 22.4 Å². The van der Waals surface area contributed by atoms with Crippen molar-refractivity contribution in [2.24, 2.45) is 5.92 Å². The molecule has 88 valence electrons. The summed E-state index contributed by atoms with van der Waals surface area (Å²) in [6.07, 6.45) is 6.60. The minimum Gasteiger partial charge on any atom is -0.476 e. The minimum atomic E-state index is -0.958. The van der Waals surface area contributed by atoms with Crippen LogP contribution in [0.1, 0.15) is 42.6 Å². The van der Waals surface area contributed by atoms with Gasteiger partial charge in [0.05, 0.1) is 0 Å². The smallest absolute Gasteiger partial charge is 0.355 e. The van der Waals surface area contributed by atoms with E-state index < -0.39 is 5.97 Å². The lowest BCUT2D eigenvalue weighted by Crippen LogP contribution is -2.06. The summed E-state index contributed by atoms with van der Waals surface area (Å²) in [4.78, 5) is 14.6. The molecule has 0 radical (unpaired) electrons. The number of hydrogen-bond donors (Lipinski definition) is 2. The molecular weight excluding hydrogens is 224 g/mol. The Morgan fingerprint density at radius 2 is 2.31 bits per heavy atom. The van der Waals surface area contributed by atoms with Crippen molar-refractivity contribution in [1.29, 1.82) is 0 Å². The highest BCUT2D eigenvalue weighted by Gasteiger charge is 2.14. The van der Waals surface area contributed by atoms with E-state index in [0.29, 0.717) is 0 Å². The van der Waals surface area contributed by atoms with Crippen LogP contribution in [0.4, 0.5) is 5.13 Å². The number of thiazole rings is 1. The molecular formula is C11H16N2O2S. The summed E-state index contributed by atoms with van der Waals surface area (Å²) < 4.78 is 0. The lowest BCUT2D eigenvalue weighted by molar-refractivity contribution is 0.0691. The topological polar surface area (TPSA) is 62.2 Å². The summed E-state index contributed by atoms with van der Waals surface area (Å²) in [5, 5.41) is 14.2. The lowest BCUT2D eigenvalue weighted by Gasteiger charge is -2.08. The number of hydrogen-bond acceptors (Lipinski definition) is 4. The second kappa shape index (κ2) is 5.30. The number of nitrogens with one attached hydrogen (secondary N) is 1. The Morgan fingerprint density at radius 1 is 1.56 bits per heavy atom. The van der Waals surface area contributed by atoms with Crippen molar-refractivity contribution < 1.29 is 9.90 Å². The van der Waals surface area contributed by atoms with Crippen LogP contribution in [0.15, 0.2) is 5.38 Å². The van der Waals surface area contributed by atoms with Crippen molar-refractivity contribution in [3.8, 4) is 0 Å². The zero-order valence-corrected chi connectivity index (χ0v) is 9.92. The fourth-order valence-electron chi connectivity index (χ4n) is 2.14. The molecule has 0 aliphatic heterocycles. The van der Waals surface area contributed by atoms with E-state index in [4.69, 9.17) is 5.11 Å². The van der Waals surface area contributed by atoms with Gasteiger partial charge in [0.2, 0.25) is 0 Å². The molecule has 0 unspecified atom stereocenters. The number of rotatable bonds is 5. The van der Waals surface area contributed by atoms with E-state index in [0.717, 1.165) is 17.6 Å². The fourth-order valence-corrected chi connectivity index (χ4v) is 2.85. The van der Waals surface area contributed by atoms with E-state index in [9.17, 15) is 4.79 Å². The summed E-state index contributed by atoms with van der Waals surface area (Å²) in [6.45, 7) is 0.900. The molecule has 5 heteroatoms. The van der Waals surface area contributed by atoms with E-state index >= 15 is 0 Å². The van der Waals surface area contributed by atoms with Gasteiger partial charge in [-0.2, -0.15) is 0 Å².